The van der Waals surface area contributed by atoms with Gasteiger partial charge in [0.2, 0.25) is 5.69 Å². The fraction of sp³-hybridized carbons (Fsp3) is 0.364. The number of alkyl halides is 3. The Bertz CT molecular complexity index is 1550. The molecular formula is C33H37F3N+. The topological polar surface area (TPSA) is 3.88 Å². The van der Waals surface area contributed by atoms with Crippen LogP contribution in [0.4, 0.5) is 13.2 Å². The van der Waals surface area contributed by atoms with Gasteiger partial charge in [-0.1, -0.05) is 84.0 Å². The molecule has 0 aliphatic carbocycles. The maximum Gasteiger partial charge on any atom is 0.393 e. The molecule has 1 aromatic heterocycles. The van der Waals surface area contributed by atoms with Crippen molar-refractivity contribution in [1.82, 2.24) is 0 Å². The highest BCUT2D eigenvalue weighted by Gasteiger charge is 2.29. The second kappa shape index (κ2) is 9.31. The molecule has 0 fully saturated rings. The molecule has 0 bridgehead atoms. The lowest BCUT2D eigenvalue weighted by atomic mass is 9.80. The van der Waals surface area contributed by atoms with Crippen LogP contribution in [0.3, 0.4) is 0 Å². The first-order chi connectivity index (χ1) is 17.8. The van der Waals surface area contributed by atoms with E-state index in [1.165, 1.54) is 34.0 Å². The van der Waals surface area contributed by atoms with E-state index in [9.17, 15) is 13.2 Å². The summed E-state index contributed by atoms with van der Waals surface area (Å²) in [6.07, 6.45) is -6.43. The van der Waals surface area contributed by atoms with Gasteiger partial charge in [-0.3, -0.25) is 0 Å². The zero-order valence-corrected chi connectivity index (χ0v) is 22.9. The SMILES string of the molecule is [2H]C([2H])(c1ccc(-c2ccc(-c3cc(C(C)(C)C)c4ccccc4c3C)[n+](C)c2)c(C(C)(C)C)c1)C(F)(F)F. The zero-order chi connectivity index (χ0) is 29.1. The van der Waals surface area contributed by atoms with Crippen LogP contribution in [-0.4, -0.2) is 6.18 Å². The Balaban J connectivity index is 1.89. The molecule has 194 valence electrons. The number of hydrogen-bond donors (Lipinski definition) is 0. The normalized spacial score (nSPS) is 14.0. The van der Waals surface area contributed by atoms with E-state index in [0.717, 1.165) is 22.4 Å². The summed E-state index contributed by atoms with van der Waals surface area (Å²) >= 11 is 0. The van der Waals surface area contributed by atoms with Gasteiger partial charge in [-0.2, -0.15) is 13.2 Å². The first-order valence-electron chi connectivity index (χ1n) is 13.6. The third-order valence-corrected chi connectivity index (χ3v) is 6.96. The molecule has 0 atom stereocenters. The monoisotopic (exact) mass is 506 g/mol. The quantitative estimate of drug-likeness (QED) is 0.244. The van der Waals surface area contributed by atoms with Gasteiger partial charge in [-0.25, -0.2) is 4.57 Å². The van der Waals surface area contributed by atoms with Crippen molar-refractivity contribution in [2.75, 3.05) is 0 Å². The molecule has 4 rings (SSSR count). The molecule has 4 heteroatoms. The molecule has 3 aromatic carbocycles. The van der Waals surface area contributed by atoms with E-state index in [-0.39, 0.29) is 11.0 Å². The van der Waals surface area contributed by atoms with Gasteiger partial charge in [-0.05, 0) is 68.5 Å². The molecule has 0 spiro atoms. The Morgan fingerprint density at radius 2 is 1.38 bits per heavy atom. The van der Waals surface area contributed by atoms with E-state index in [0.29, 0.717) is 5.56 Å². The van der Waals surface area contributed by atoms with Gasteiger partial charge in [0, 0.05) is 19.9 Å². The fourth-order valence-electron chi connectivity index (χ4n) is 5.11. The number of nitrogens with zero attached hydrogens (tertiary/aromatic N) is 1. The van der Waals surface area contributed by atoms with Crippen molar-refractivity contribution in [1.29, 1.82) is 0 Å². The molecule has 1 heterocycles. The standard InChI is InChI=1S/C33H37F3N/c1-21-24-11-9-10-12-26(24)29(32(5,6)7)18-27(21)30-16-14-23(20-37(30)8)25-15-13-22(19-33(34,35)36)17-28(25)31(2,3)4/h9-18,20H,19H2,1-8H3/q+1/i19D2. The summed E-state index contributed by atoms with van der Waals surface area (Å²) in [5, 5.41) is 2.47. The number of fused-ring (bicyclic) bond motifs is 1. The van der Waals surface area contributed by atoms with Crippen LogP contribution < -0.4 is 4.57 Å². The average molecular weight is 507 g/mol. The maximum atomic E-state index is 13.5. The van der Waals surface area contributed by atoms with Gasteiger partial charge in [0.25, 0.3) is 0 Å². The van der Waals surface area contributed by atoms with Crippen LogP contribution in [0.1, 0.15) is 66.5 Å². The summed E-state index contributed by atoms with van der Waals surface area (Å²) in [7, 11) is 1.98. The Morgan fingerprint density at radius 1 is 0.757 bits per heavy atom. The van der Waals surface area contributed by atoms with Crippen LogP contribution in [0, 0.1) is 6.92 Å². The maximum absolute atomic E-state index is 13.5. The molecule has 0 amide bonds. The minimum absolute atomic E-state index is 0.0503. The van der Waals surface area contributed by atoms with Crippen molar-refractivity contribution < 1.29 is 20.5 Å². The summed E-state index contributed by atoms with van der Waals surface area (Å²) < 4.78 is 58.0. The van der Waals surface area contributed by atoms with E-state index in [1.807, 2.05) is 40.1 Å². The Morgan fingerprint density at radius 3 is 1.95 bits per heavy atom. The molecule has 0 saturated carbocycles. The van der Waals surface area contributed by atoms with Gasteiger partial charge < -0.3 is 0 Å². The molecule has 0 radical (unpaired) electrons. The molecule has 4 aromatic rings. The first-order valence-corrected chi connectivity index (χ1v) is 12.6. The minimum Gasteiger partial charge on any atom is -0.200 e. The van der Waals surface area contributed by atoms with Crippen molar-refractivity contribution in [2.45, 2.75) is 71.8 Å². The number of aryl methyl sites for hydroxylation is 2. The largest absolute Gasteiger partial charge is 0.393 e. The van der Waals surface area contributed by atoms with Crippen molar-refractivity contribution in [3.63, 3.8) is 0 Å². The van der Waals surface area contributed by atoms with E-state index < -0.39 is 18.0 Å². The molecular weight excluding hydrogens is 467 g/mol. The lowest BCUT2D eigenvalue weighted by Crippen LogP contribution is -2.31. The van der Waals surface area contributed by atoms with Crippen molar-refractivity contribution >= 4 is 10.8 Å². The third-order valence-electron chi connectivity index (χ3n) is 6.96. The van der Waals surface area contributed by atoms with Crippen molar-refractivity contribution in [3.8, 4) is 22.4 Å². The number of pyridine rings is 1. The number of aromatic nitrogens is 1. The second-order valence-electron chi connectivity index (χ2n) is 11.9. The van der Waals surface area contributed by atoms with Gasteiger partial charge in [0.15, 0.2) is 6.20 Å². The molecule has 37 heavy (non-hydrogen) atoms. The third kappa shape index (κ3) is 5.58. The number of hydrogen-bond acceptors (Lipinski definition) is 0. The van der Waals surface area contributed by atoms with Crippen LogP contribution in [0.5, 0.6) is 0 Å². The molecule has 0 unspecified atom stereocenters. The first kappa shape index (κ1) is 24.2. The Hall–Kier alpha value is -3.14. The fourth-order valence-corrected chi connectivity index (χ4v) is 5.11. The molecule has 0 aliphatic heterocycles. The van der Waals surface area contributed by atoms with E-state index in [1.54, 1.807) is 6.07 Å². The van der Waals surface area contributed by atoms with E-state index in [2.05, 4.69) is 68.7 Å². The zero-order valence-electron chi connectivity index (χ0n) is 24.9. The van der Waals surface area contributed by atoms with Crippen LogP contribution in [0.2, 0.25) is 0 Å². The minimum atomic E-state index is -5.00. The van der Waals surface area contributed by atoms with E-state index >= 15 is 0 Å². The Labute approximate surface area is 221 Å². The van der Waals surface area contributed by atoms with Gasteiger partial charge in [0.05, 0.1) is 6.37 Å². The molecule has 1 nitrogen and oxygen atoms in total. The lowest BCUT2D eigenvalue weighted by Gasteiger charge is -2.25. The summed E-state index contributed by atoms with van der Waals surface area (Å²) in [6.45, 7) is 14.6. The van der Waals surface area contributed by atoms with Gasteiger partial charge >= 0.3 is 6.18 Å². The number of benzene rings is 3. The van der Waals surface area contributed by atoms with Crippen LogP contribution in [0.25, 0.3) is 33.2 Å². The highest BCUT2D eigenvalue weighted by Crippen LogP contribution is 2.38. The van der Waals surface area contributed by atoms with E-state index in [4.69, 9.17) is 2.74 Å². The van der Waals surface area contributed by atoms with Crippen LogP contribution in [0.15, 0.2) is 66.9 Å². The summed E-state index contributed by atoms with van der Waals surface area (Å²) in [5.41, 5.74) is 6.02. The lowest BCUT2D eigenvalue weighted by molar-refractivity contribution is -0.659. The highest BCUT2D eigenvalue weighted by atomic mass is 19.4. The van der Waals surface area contributed by atoms with Crippen LogP contribution in [-0.2, 0) is 24.3 Å². The van der Waals surface area contributed by atoms with Crippen LogP contribution >= 0.6 is 0 Å². The van der Waals surface area contributed by atoms with Gasteiger partial charge in [-0.15, -0.1) is 0 Å². The Kier molecular flexibility index (Phi) is 6.09. The number of rotatable bonds is 3. The van der Waals surface area contributed by atoms with Crippen molar-refractivity contribution in [2.24, 2.45) is 7.05 Å². The predicted molar refractivity (Wildman–Crippen MR) is 148 cm³/mol. The summed E-state index contributed by atoms with van der Waals surface area (Å²) in [4.78, 5) is 0. The molecule has 0 N–H and O–H groups in total. The second-order valence-corrected chi connectivity index (χ2v) is 11.9. The number of halogens is 3. The average Bonchev–Trinajstić information content (AvgIpc) is 2.82. The summed E-state index contributed by atoms with van der Waals surface area (Å²) in [5.74, 6) is 0. The predicted octanol–water partition coefficient (Wildman–Crippen LogP) is 9.01. The smallest absolute Gasteiger partial charge is 0.200 e. The summed E-state index contributed by atoms with van der Waals surface area (Å²) in [6, 6.07) is 19.1. The molecule has 0 saturated heterocycles. The molecule has 0 aliphatic rings. The highest BCUT2D eigenvalue weighted by molar-refractivity contribution is 5.94. The van der Waals surface area contributed by atoms with Crippen molar-refractivity contribution in [3.05, 3.63) is 89.1 Å². The van der Waals surface area contributed by atoms with Gasteiger partial charge in [0.1, 0.15) is 7.05 Å².